The minimum absolute atomic E-state index is 0.285. The van der Waals surface area contributed by atoms with Crippen LogP contribution in [-0.4, -0.2) is 21.1 Å². The first-order chi connectivity index (χ1) is 9.66. The summed E-state index contributed by atoms with van der Waals surface area (Å²) in [5.74, 6) is 0.0490. The maximum absolute atomic E-state index is 12.3. The fourth-order valence-electron chi connectivity index (χ4n) is 2.00. The number of carbonyl (C=O) groups is 1. The second-order valence-corrected chi connectivity index (χ2v) is 4.45. The minimum atomic E-state index is -0.285. The van der Waals surface area contributed by atoms with Crippen LogP contribution in [0, 0.1) is 6.92 Å². The molecule has 0 aliphatic rings. The number of hydrogen-bond acceptors (Lipinski definition) is 4. The van der Waals surface area contributed by atoms with Crippen molar-refractivity contribution in [3.63, 3.8) is 0 Å². The van der Waals surface area contributed by atoms with Gasteiger partial charge in [-0.05, 0) is 19.1 Å². The Morgan fingerprint density at radius 1 is 1.30 bits per heavy atom. The van der Waals surface area contributed by atoms with Crippen LogP contribution in [0.4, 0.5) is 11.5 Å². The van der Waals surface area contributed by atoms with Gasteiger partial charge >= 0.3 is 0 Å². The zero-order valence-electron chi connectivity index (χ0n) is 10.8. The lowest BCUT2D eigenvalue weighted by Gasteiger charge is -2.06. The molecule has 2 aromatic heterocycles. The third-order valence-corrected chi connectivity index (χ3v) is 3.10. The van der Waals surface area contributed by atoms with Crippen LogP contribution in [0.2, 0.25) is 0 Å². The molecule has 0 aliphatic carbocycles. The second-order valence-electron chi connectivity index (χ2n) is 4.45. The molecule has 0 saturated carbocycles. The van der Waals surface area contributed by atoms with E-state index in [1.807, 2.05) is 24.3 Å². The van der Waals surface area contributed by atoms with Crippen LogP contribution in [0.3, 0.4) is 0 Å². The van der Waals surface area contributed by atoms with Crippen molar-refractivity contribution in [1.82, 2.24) is 15.2 Å². The Balaban J connectivity index is 1.99. The number of para-hydroxylation sites is 1. The highest BCUT2D eigenvalue weighted by atomic mass is 16.1. The van der Waals surface area contributed by atoms with E-state index in [-0.39, 0.29) is 5.91 Å². The molecule has 1 amide bonds. The summed E-state index contributed by atoms with van der Waals surface area (Å²) in [5, 5.41) is 10.3. The molecule has 3 aromatic rings. The van der Waals surface area contributed by atoms with Gasteiger partial charge < -0.3 is 11.1 Å². The molecule has 6 heteroatoms. The number of nitrogens with two attached hydrogens (primary N) is 1. The van der Waals surface area contributed by atoms with Crippen molar-refractivity contribution < 1.29 is 4.79 Å². The van der Waals surface area contributed by atoms with E-state index in [1.54, 1.807) is 19.2 Å². The number of anilines is 2. The van der Waals surface area contributed by atoms with Gasteiger partial charge in [0.1, 0.15) is 0 Å². The van der Waals surface area contributed by atoms with Crippen LogP contribution in [0.15, 0.2) is 36.5 Å². The number of aromatic amines is 1. The highest BCUT2D eigenvalue weighted by Crippen LogP contribution is 2.21. The Bertz CT molecular complexity index is 788. The van der Waals surface area contributed by atoms with Crippen molar-refractivity contribution in [2.24, 2.45) is 0 Å². The Kier molecular flexibility index (Phi) is 2.83. The van der Waals surface area contributed by atoms with Crippen molar-refractivity contribution >= 4 is 28.3 Å². The minimum Gasteiger partial charge on any atom is -0.394 e. The molecule has 0 bridgehead atoms. The molecule has 0 aliphatic heterocycles. The normalized spacial score (nSPS) is 10.7. The lowest BCUT2D eigenvalue weighted by Crippen LogP contribution is -2.14. The summed E-state index contributed by atoms with van der Waals surface area (Å²) >= 11 is 0. The average Bonchev–Trinajstić information content (AvgIpc) is 2.78. The lowest BCUT2D eigenvalue weighted by atomic mass is 10.1. The highest BCUT2D eigenvalue weighted by Gasteiger charge is 2.14. The van der Waals surface area contributed by atoms with E-state index in [4.69, 9.17) is 5.73 Å². The fourth-order valence-corrected chi connectivity index (χ4v) is 2.00. The summed E-state index contributed by atoms with van der Waals surface area (Å²) < 4.78 is 0. The number of amides is 1. The summed E-state index contributed by atoms with van der Waals surface area (Å²) in [7, 11) is 0. The van der Waals surface area contributed by atoms with Crippen molar-refractivity contribution in [2.75, 3.05) is 11.1 Å². The van der Waals surface area contributed by atoms with Crippen LogP contribution < -0.4 is 11.1 Å². The molecule has 0 saturated heterocycles. The Morgan fingerprint density at radius 3 is 2.85 bits per heavy atom. The first-order valence-corrected chi connectivity index (χ1v) is 6.12. The third kappa shape index (κ3) is 1.97. The number of hydrogen-bond donors (Lipinski definition) is 3. The molecule has 6 nitrogen and oxygen atoms in total. The van der Waals surface area contributed by atoms with E-state index in [2.05, 4.69) is 20.5 Å². The Labute approximate surface area is 115 Å². The zero-order chi connectivity index (χ0) is 14.1. The number of H-pyrrole nitrogens is 1. The van der Waals surface area contributed by atoms with Gasteiger partial charge in [-0.15, -0.1) is 0 Å². The van der Waals surface area contributed by atoms with Gasteiger partial charge in [0.2, 0.25) is 0 Å². The van der Waals surface area contributed by atoms with Crippen LogP contribution in [0.5, 0.6) is 0 Å². The summed E-state index contributed by atoms with van der Waals surface area (Å²) in [6.45, 7) is 1.79. The largest absolute Gasteiger partial charge is 0.394 e. The van der Waals surface area contributed by atoms with Gasteiger partial charge in [0.05, 0.1) is 22.5 Å². The molecule has 2 heterocycles. The summed E-state index contributed by atoms with van der Waals surface area (Å²) in [5.41, 5.74) is 8.11. The smallest absolute Gasteiger partial charge is 0.259 e. The quantitative estimate of drug-likeness (QED) is 0.662. The molecular formula is C14H13N5O. The van der Waals surface area contributed by atoms with Gasteiger partial charge in [-0.1, -0.05) is 18.2 Å². The number of fused-ring (bicyclic) bond motifs is 1. The number of pyridine rings is 1. The molecule has 100 valence electrons. The Hall–Kier alpha value is -2.89. The lowest BCUT2D eigenvalue weighted by molar-refractivity contribution is 0.102. The number of aryl methyl sites for hydroxylation is 1. The number of nitrogens with one attached hydrogen (secondary N) is 2. The van der Waals surface area contributed by atoms with Crippen LogP contribution in [-0.2, 0) is 0 Å². The van der Waals surface area contributed by atoms with Gasteiger partial charge in [0, 0.05) is 11.6 Å². The predicted octanol–water partition coefficient (Wildman–Crippen LogP) is 2.10. The molecule has 0 unspecified atom stereocenters. The first-order valence-electron chi connectivity index (χ1n) is 6.12. The number of nitrogen functional groups attached to an aromatic ring is 1. The molecule has 4 N–H and O–H groups in total. The molecule has 0 radical (unpaired) electrons. The van der Waals surface area contributed by atoms with Crippen molar-refractivity contribution in [3.05, 3.63) is 47.8 Å². The SMILES string of the molecule is Cc1[nH]nc(NC(=O)c2cccc3cccnc23)c1N. The number of aromatic nitrogens is 3. The van der Waals surface area contributed by atoms with E-state index in [1.165, 1.54) is 0 Å². The van der Waals surface area contributed by atoms with Crippen molar-refractivity contribution in [3.8, 4) is 0 Å². The standard InChI is InChI=1S/C14H13N5O/c1-8-11(15)13(19-18-8)17-14(20)10-6-2-4-9-5-3-7-16-12(9)10/h2-7H,15H2,1H3,(H2,17,18,19,20). The molecule has 0 atom stereocenters. The molecule has 20 heavy (non-hydrogen) atoms. The summed E-state index contributed by atoms with van der Waals surface area (Å²) in [6.07, 6.45) is 1.66. The highest BCUT2D eigenvalue weighted by molar-refractivity contribution is 6.12. The summed E-state index contributed by atoms with van der Waals surface area (Å²) in [4.78, 5) is 16.6. The van der Waals surface area contributed by atoms with Gasteiger partial charge in [0.15, 0.2) is 5.82 Å². The Morgan fingerprint density at radius 2 is 2.10 bits per heavy atom. The molecule has 3 rings (SSSR count). The number of carbonyl (C=O) groups excluding carboxylic acids is 1. The molecule has 0 spiro atoms. The van der Waals surface area contributed by atoms with Gasteiger partial charge in [-0.3, -0.25) is 14.9 Å². The summed E-state index contributed by atoms with van der Waals surface area (Å²) in [6, 6.07) is 9.19. The van der Waals surface area contributed by atoms with Gasteiger partial charge in [0.25, 0.3) is 5.91 Å². The maximum atomic E-state index is 12.3. The van der Waals surface area contributed by atoms with Crippen LogP contribution >= 0.6 is 0 Å². The maximum Gasteiger partial charge on any atom is 0.259 e. The number of benzene rings is 1. The molecule has 1 aromatic carbocycles. The topological polar surface area (TPSA) is 96.7 Å². The predicted molar refractivity (Wildman–Crippen MR) is 77.4 cm³/mol. The van der Waals surface area contributed by atoms with Crippen molar-refractivity contribution in [2.45, 2.75) is 6.92 Å². The van der Waals surface area contributed by atoms with E-state index in [0.29, 0.717) is 22.6 Å². The monoisotopic (exact) mass is 267 g/mol. The molecular weight excluding hydrogens is 254 g/mol. The van der Waals surface area contributed by atoms with E-state index in [9.17, 15) is 4.79 Å². The number of rotatable bonds is 2. The van der Waals surface area contributed by atoms with E-state index < -0.39 is 0 Å². The molecule has 0 fully saturated rings. The fraction of sp³-hybridized carbons (Fsp3) is 0.0714. The van der Waals surface area contributed by atoms with E-state index >= 15 is 0 Å². The first kappa shape index (κ1) is 12.2. The van der Waals surface area contributed by atoms with E-state index in [0.717, 1.165) is 11.1 Å². The van der Waals surface area contributed by atoms with Crippen molar-refractivity contribution in [1.29, 1.82) is 0 Å². The average molecular weight is 267 g/mol. The van der Waals surface area contributed by atoms with Gasteiger partial charge in [-0.25, -0.2) is 0 Å². The zero-order valence-corrected chi connectivity index (χ0v) is 10.8. The van der Waals surface area contributed by atoms with Crippen LogP contribution in [0.25, 0.3) is 10.9 Å². The number of nitrogens with zero attached hydrogens (tertiary/aromatic N) is 2. The second kappa shape index (κ2) is 4.65. The van der Waals surface area contributed by atoms with Gasteiger partial charge in [-0.2, -0.15) is 5.10 Å². The third-order valence-electron chi connectivity index (χ3n) is 3.10. The van der Waals surface area contributed by atoms with Crippen LogP contribution in [0.1, 0.15) is 16.1 Å².